The summed E-state index contributed by atoms with van der Waals surface area (Å²) in [4.78, 5) is 14.3. The van der Waals surface area contributed by atoms with E-state index in [2.05, 4.69) is 22.0 Å². The van der Waals surface area contributed by atoms with E-state index in [1.54, 1.807) is 31.2 Å². The second-order valence-electron chi connectivity index (χ2n) is 5.57. The zero-order chi connectivity index (χ0) is 16.2. The fourth-order valence-electron chi connectivity index (χ4n) is 2.49. The van der Waals surface area contributed by atoms with Gasteiger partial charge in [-0.25, -0.2) is 8.42 Å². The predicted molar refractivity (Wildman–Crippen MR) is 87.5 cm³/mol. The molecule has 2 rings (SSSR count). The molecule has 1 heterocycles. The van der Waals surface area contributed by atoms with Gasteiger partial charge in [-0.2, -0.15) is 0 Å². The first-order chi connectivity index (χ1) is 10.4. The van der Waals surface area contributed by atoms with E-state index in [1.165, 1.54) is 6.42 Å². The lowest BCUT2D eigenvalue weighted by Crippen LogP contribution is -2.38. The highest BCUT2D eigenvalue weighted by Gasteiger charge is 2.21. The smallest absolute Gasteiger partial charge is 0.251 e. The van der Waals surface area contributed by atoms with E-state index in [0.717, 1.165) is 13.0 Å². The van der Waals surface area contributed by atoms with Crippen molar-refractivity contribution in [3.05, 3.63) is 29.8 Å². The quantitative estimate of drug-likeness (QED) is 0.826. The number of sulfonamides is 1. The van der Waals surface area contributed by atoms with Crippen molar-refractivity contribution in [2.75, 3.05) is 30.6 Å². The second kappa shape index (κ2) is 7.11. The summed E-state index contributed by atoms with van der Waals surface area (Å²) in [6.45, 7) is 3.29. The molecular weight excluding hydrogens is 302 g/mol. The molecule has 1 aliphatic heterocycles. The first kappa shape index (κ1) is 16.8. The van der Waals surface area contributed by atoms with Gasteiger partial charge < -0.3 is 10.2 Å². The Bertz CT molecular complexity index is 613. The molecule has 1 amide bonds. The molecule has 0 aliphatic carbocycles. The summed E-state index contributed by atoms with van der Waals surface area (Å²) in [5, 5.41) is 2.93. The SMILES string of the molecule is CCS(=O)(=O)Nc1ccc(C(=O)NC[C@@H]2CCCN2C)cc1. The van der Waals surface area contributed by atoms with Crippen molar-refractivity contribution >= 4 is 21.6 Å². The standard InChI is InChI=1S/C15H23N3O3S/c1-3-22(20,21)17-13-8-6-12(7-9-13)15(19)16-11-14-5-4-10-18(14)2/h6-9,14,17H,3-5,10-11H2,1-2H3,(H,16,19)/t14-/m0/s1. The third kappa shape index (κ3) is 4.45. The summed E-state index contributed by atoms with van der Waals surface area (Å²) < 4.78 is 25.4. The number of benzene rings is 1. The van der Waals surface area contributed by atoms with Crippen molar-refractivity contribution < 1.29 is 13.2 Å². The largest absolute Gasteiger partial charge is 0.350 e. The number of likely N-dealkylation sites (N-methyl/N-ethyl adjacent to an activating group) is 1. The molecule has 0 unspecified atom stereocenters. The Morgan fingerprint density at radius 2 is 2.00 bits per heavy atom. The van der Waals surface area contributed by atoms with Crippen LogP contribution < -0.4 is 10.0 Å². The van der Waals surface area contributed by atoms with Crippen molar-refractivity contribution in [3.63, 3.8) is 0 Å². The molecule has 1 fully saturated rings. The number of amides is 1. The lowest BCUT2D eigenvalue weighted by molar-refractivity contribution is 0.0943. The van der Waals surface area contributed by atoms with Gasteiger partial charge in [0.05, 0.1) is 5.75 Å². The van der Waals surface area contributed by atoms with E-state index < -0.39 is 10.0 Å². The van der Waals surface area contributed by atoms with Crippen LogP contribution >= 0.6 is 0 Å². The van der Waals surface area contributed by atoms with Gasteiger partial charge in [-0.1, -0.05) is 0 Å². The van der Waals surface area contributed by atoms with E-state index in [0.29, 0.717) is 23.8 Å². The van der Waals surface area contributed by atoms with Crippen LogP contribution in [0.4, 0.5) is 5.69 Å². The molecule has 0 spiro atoms. The molecular formula is C15H23N3O3S. The Morgan fingerprint density at radius 3 is 2.55 bits per heavy atom. The molecule has 1 aromatic rings. The van der Waals surface area contributed by atoms with E-state index >= 15 is 0 Å². The molecule has 6 nitrogen and oxygen atoms in total. The van der Waals surface area contributed by atoms with Gasteiger partial charge in [-0.3, -0.25) is 9.52 Å². The Morgan fingerprint density at radius 1 is 1.32 bits per heavy atom. The monoisotopic (exact) mass is 325 g/mol. The molecule has 1 aliphatic rings. The van der Waals surface area contributed by atoms with Gasteiger partial charge in [-0.15, -0.1) is 0 Å². The van der Waals surface area contributed by atoms with Gasteiger partial charge in [-0.05, 0) is 57.6 Å². The Labute approximate surface area is 131 Å². The average Bonchev–Trinajstić information content (AvgIpc) is 2.90. The third-order valence-corrected chi connectivity index (χ3v) is 5.28. The van der Waals surface area contributed by atoms with Crippen LogP contribution in [0, 0.1) is 0 Å². The van der Waals surface area contributed by atoms with Crippen LogP contribution in [-0.2, 0) is 10.0 Å². The maximum absolute atomic E-state index is 12.1. The number of likely N-dealkylation sites (tertiary alicyclic amines) is 1. The number of carbonyl (C=O) groups excluding carboxylic acids is 1. The van der Waals surface area contributed by atoms with Crippen molar-refractivity contribution in [1.82, 2.24) is 10.2 Å². The molecule has 1 aromatic carbocycles. The van der Waals surface area contributed by atoms with Gasteiger partial charge in [0.1, 0.15) is 0 Å². The third-order valence-electron chi connectivity index (χ3n) is 3.97. The number of nitrogens with one attached hydrogen (secondary N) is 2. The van der Waals surface area contributed by atoms with Gasteiger partial charge >= 0.3 is 0 Å². The molecule has 22 heavy (non-hydrogen) atoms. The lowest BCUT2D eigenvalue weighted by Gasteiger charge is -2.19. The molecule has 0 aromatic heterocycles. The van der Waals surface area contributed by atoms with Gasteiger partial charge in [0.25, 0.3) is 5.91 Å². The van der Waals surface area contributed by atoms with Crippen molar-refractivity contribution in [1.29, 1.82) is 0 Å². The zero-order valence-electron chi connectivity index (χ0n) is 13.0. The molecule has 7 heteroatoms. The number of hydrogen-bond acceptors (Lipinski definition) is 4. The number of nitrogens with zero attached hydrogens (tertiary/aromatic N) is 1. The molecule has 0 saturated carbocycles. The molecule has 122 valence electrons. The Balaban J connectivity index is 1.91. The minimum atomic E-state index is -3.29. The van der Waals surface area contributed by atoms with Crippen molar-refractivity contribution in [2.24, 2.45) is 0 Å². The van der Waals surface area contributed by atoms with Gasteiger partial charge in [0.2, 0.25) is 10.0 Å². The summed E-state index contributed by atoms with van der Waals surface area (Å²) in [7, 11) is -1.22. The number of carbonyl (C=O) groups is 1. The highest BCUT2D eigenvalue weighted by atomic mass is 32.2. The fourth-order valence-corrected chi connectivity index (χ4v) is 3.13. The summed E-state index contributed by atoms with van der Waals surface area (Å²) >= 11 is 0. The molecule has 1 saturated heterocycles. The van der Waals surface area contributed by atoms with Crippen LogP contribution in [0.5, 0.6) is 0 Å². The molecule has 1 atom stereocenters. The maximum atomic E-state index is 12.1. The van der Waals surface area contributed by atoms with E-state index in [-0.39, 0.29) is 11.7 Å². The first-order valence-corrected chi connectivity index (χ1v) is 9.15. The van der Waals surface area contributed by atoms with E-state index in [4.69, 9.17) is 0 Å². The lowest BCUT2D eigenvalue weighted by atomic mass is 10.2. The van der Waals surface area contributed by atoms with E-state index in [9.17, 15) is 13.2 Å². The number of hydrogen-bond donors (Lipinski definition) is 2. The molecule has 0 bridgehead atoms. The van der Waals surface area contributed by atoms with E-state index in [1.807, 2.05) is 0 Å². The second-order valence-corrected chi connectivity index (χ2v) is 7.58. The normalized spacial score (nSPS) is 19.1. The fraction of sp³-hybridized carbons (Fsp3) is 0.533. The maximum Gasteiger partial charge on any atom is 0.251 e. The van der Waals surface area contributed by atoms with Crippen LogP contribution in [0.15, 0.2) is 24.3 Å². The van der Waals surface area contributed by atoms with Crippen LogP contribution in [0.1, 0.15) is 30.1 Å². The van der Waals surface area contributed by atoms with Crippen molar-refractivity contribution in [2.45, 2.75) is 25.8 Å². The van der Waals surface area contributed by atoms with Crippen LogP contribution in [0.3, 0.4) is 0 Å². The zero-order valence-corrected chi connectivity index (χ0v) is 13.8. The summed E-state index contributed by atoms with van der Waals surface area (Å²) in [5.41, 5.74) is 0.994. The predicted octanol–water partition coefficient (Wildman–Crippen LogP) is 1.27. The number of rotatable bonds is 6. The highest BCUT2D eigenvalue weighted by Crippen LogP contribution is 2.14. The number of anilines is 1. The van der Waals surface area contributed by atoms with Crippen molar-refractivity contribution in [3.8, 4) is 0 Å². The topological polar surface area (TPSA) is 78.5 Å². The summed E-state index contributed by atoms with van der Waals surface area (Å²) in [5.74, 6) is -0.116. The van der Waals surface area contributed by atoms with Crippen LogP contribution in [0.2, 0.25) is 0 Å². The van der Waals surface area contributed by atoms with Gasteiger partial charge in [0, 0.05) is 23.8 Å². The molecule has 0 radical (unpaired) electrons. The van der Waals surface area contributed by atoms with Gasteiger partial charge in [0.15, 0.2) is 0 Å². The summed E-state index contributed by atoms with van der Waals surface area (Å²) in [6.07, 6.45) is 2.28. The highest BCUT2D eigenvalue weighted by molar-refractivity contribution is 7.92. The first-order valence-electron chi connectivity index (χ1n) is 7.50. The summed E-state index contributed by atoms with van der Waals surface area (Å²) in [6, 6.07) is 6.86. The minimum Gasteiger partial charge on any atom is -0.350 e. The molecule has 2 N–H and O–H groups in total. The Hall–Kier alpha value is -1.60. The van der Waals surface area contributed by atoms with Crippen LogP contribution in [-0.4, -0.2) is 51.2 Å². The Kier molecular flexibility index (Phi) is 5.42. The average molecular weight is 325 g/mol. The minimum absolute atomic E-state index is 0.0180. The van der Waals surface area contributed by atoms with Crippen LogP contribution in [0.25, 0.3) is 0 Å².